The first kappa shape index (κ1) is 14.8. The number of nitrogens with zero attached hydrogens (tertiary/aromatic N) is 2. The Kier molecular flexibility index (Phi) is 3.80. The van der Waals surface area contributed by atoms with Crippen LogP contribution in [0.5, 0.6) is 5.75 Å². The first-order valence-electron chi connectivity index (χ1n) is 6.97. The summed E-state index contributed by atoms with van der Waals surface area (Å²) in [7, 11) is 0. The Morgan fingerprint density at radius 1 is 1.30 bits per heavy atom. The zero-order chi connectivity index (χ0) is 16.4. The van der Waals surface area contributed by atoms with Gasteiger partial charge in [0, 0.05) is 23.3 Å². The van der Waals surface area contributed by atoms with Gasteiger partial charge in [0.15, 0.2) is 5.83 Å². The molecule has 0 aliphatic heterocycles. The number of ether oxygens (including phenoxy) is 1. The van der Waals surface area contributed by atoms with E-state index in [0.717, 1.165) is 22.3 Å². The van der Waals surface area contributed by atoms with Gasteiger partial charge in [-0.25, -0.2) is 4.98 Å². The molecule has 23 heavy (non-hydrogen) atoms. The molecule has 1 aromatic carbocycles. The number of fused-ring (bicyclic) bond motifs is 1. The summed E-state index contributed by atoms with van der Waals surface area (Å²) in [5.41, 5.74) is 7.28. The van der Waals surface area contributed by atoms with Crippen LogP contribution in [0.4, 0.5) is 4.39 Å². The second kappa shape index (κ2) is 5.92. The van der Waals surface area contributed by atoms with Gasteiger partial charge in [0.25, 0.3) is 0 Å². The maximum absolute atomic E-state index is 13.3. The monoisotopic (exact) mass is 310 g/mol. The fraction of sp³-hybridized carbons (Fsp3) is 0.0588. The van der Waals surface area contributed by atoms with Crippen LogP contribution in [0, 0.1) is 12.3 Å². The van der Waals surface area contributed by atoms with Crippen LogP contribution < -0.4 is 10.5 Å². The number of allylic oxidation sites excluding steroid dienone is 1. The van der Waals surface area contributed by atoms with Gasteiger partial charge in [0.2, 0.25) is 5.88 Å². The van der Waals surface area contributed by atoms with E-state index in [1.54, 1.807) is 12.3 Å². The van der Waals surface area contributed by atoms with Gasteiger partial charge in [-0.05, 0) is 37.3 Å². The number of benzene rings is 1. The Bertz CT molecular complexity index is 900. The van der Waals surface area contributed by atoms with Gasteiger partial charge in [-0.15, -0.1) is 0 Å². The average Bonchev–Trinajstić information content (AvgIpc) is 3.02. The van der Waals surface area contributed by atoms with Crippen molar-refractivity contribution in [3.63, 3.8) is 0 Å². The van der Waals surface area contributed by atoms with Crippen molar-refractivity contribution in [1.29, 1.82) is 5.41 Å². The molecule has 2 heterocycles. The number of hydrogen-bond donors (Lipinski definition) is 2. The highest BCUT2D eigenvalue weighted by atomic mass is 19.1. The van der Waals surface area contributed by atoms with E-state index in [9.17, 15) is 4.39 Å². The third kappa shape index (κ3) is 2.66. The minimum Gasteiger partial charge on any atom is -0.438 e. The van der Waals surface area contributed by atoms with E-state index in [-0.39, 0.29) is 0 Å². The Morgan fingerprint density at radius 3 is 2.83 bits per heavy atom. The lowest BCUT2D eigenvalue weighted by atomic mass is 10.1. The minimum absolute atomic E-state index is 0.424. The molecule has 0 radical (unpaired) electrons. The molecule has 0 spiro atoms. The van der Waals surface area contributed by atoms with Crippen molar-refractivity contribution in [3.8, 4) is 11.6 Å². The highest BCUT2D eigenvalue weighted by Crippen LogP contribution is 2.30. The fourth-order valence-electron chi connectivity index (χ4n) is 2.39. The van der Waals surface area contributed by atoms with Gasteiger partial charge in [-0.2, -0.15) is 4.39 Å². The van der Waals surface area contributed by atoms with Crippen LogP contribution in [0.2, 0.25) is 0 Å². The second-order valence-electron chi connectivity index (χ2n) is 4.95. The summed E-state index contributed by atoms with van der Waals surface area (Å²) in [6, 6.07) is 11.2. The summed E-state index contributed by atoms with van der Waals surface area (Å²) >= 11 is 0. The molecule has 116 valence electrons. The van der Waals surface area contributed by atoms with E-state index >= 15 is 0 Å². The number of aromatic nitrogens is 2. The average molecular weight is 310 g/mol. The van der Waals surface area contributed by atoms with Gasteiger partial charge < -0.3 is 20.4 Å². The third-order valence-electron chi connectivity index (χ3n) is 3.57. The molecule has 0 aliphatic rings. The lowest BCUT2D eigenvalue weighted by Crippen LogP contribution is -2.09. The topological polar surface area (TPSA) is 76.9 Å². The zero-order valence-corrected chi connectivity index (χ0v) is 12.5. The Morgan fingerprint density at radius 2 is 2.13 bits per heavy atom. The highest BCUT2D eigenvalue weighted by Gasteiger charge is 2.12. The van der Waals surface area contributed by atoms with Crippen molar-refractivity contribution in [2.24, 2.45) is 5.73 Å². The summed E-state index contributed by atoms with van der Waals surface area (Å²) in [5, 5.41) is 7.81. The number of rotatable bonds is 4. The largest absolute Gasteiger partial charge is 0.438 e. The van der Waals surface area contributed by atoms with Crippen LogP contribution in [0.1, 0.15) is 5.56 Å². The van der Waals surface area contributed by atoms with Crippen LogP contribution in [0.3, 0.4) is 0 Å². The molecule has 0 amide bonds. The molecule has 3 aromatic rings. The van der Waals surface area contributed by atoms with Gasteiger partial charge in [0.1, 0.15) is 11.6 Å². The predicted molar refractivity (Wildman–Crippen MR) is 87.5 cm³/mol. The molecule has 3 N–H and O–H groups in total. The molecule has 0 saturated carbocycles. The van der Waals surface area contributed by atoms with E-state index < -0.39 is 11.7 Å². The van der Waals surface area contributed by atoms with Gasteiger partial charge in [-0.3, -0.25) is 0 Å². The number of halogens is 1. The van der Waals surface area contributed by atoms with Crippen LogP contribution in [-0.4, -0.2) is 15.8 Å². The van der Waals surface area contributed by atoms with Crippen molar-refractivity contribution in [2.45, 2.75) is 6.92 Å². The first-order chi connectivity index (χ1) is 11.1. The zero-order valence-electron chi connectivity index (χ0n) is 12.5. The van der Waals surface area contributed by atoms with Crippen molar-refractivity contribution in [3.05, 3.63) is 66.1 Å². The van der Waals surface area contributed by atoms with Crippen LogP contribution in [0.15, 0.2) is 60.5 Å². The SMILES string of the molecule is Cc1c(OC(N)=C(F)C=N)ccc2c1ccn2-c1ccccn1. The summed E-state index contributed by atoms with van der Waals surface area (Å²) in [4.78, 5) is 4.34. The number of nitrogens with one attached hydrogen (secondary N) is 1. The molecule has 0 bridgehead atoms. The fourth-order valence-corrected chi connectivity index (χ4v) is 2.39. The molecular formula is C17H15FN4O. The molecular weight excluding hydrogens is 295 g/mol. The minimum atomic E-state index is -0.907. The lowest BCUT2D eigenvalue weighted by Gasteiger charge is -2.10. The molecule has 3 rings (SSSR count). The standard InChI is InChI=1S/C17H15FN4O/c1-11-12-7-9-22(16-4-2-3-8-21-16)14(12)5-6-15(11)23-17(20)13(18)10-19/h2-10,19H,20H2,1H3. The number of hydrogen-bond acceptors (Lipinski definition) is 4. The van der Waals surface area contributed by atoms with Crippen LogP contribution >= 0.6 is 0 Å². The van der Waals surface area contributed by atoms with Gasteiger partial charge >= 0.3 is 0 Å². The van der Waals surface area contributed by atoms with Crippen LogP contribution in [-0.2, 0) is 0 Å². The Labute approximate surface area is 132 Å². The maximum Gasteiger partial charge on any atom is 0.228 e. The molecule has 0 unspecified atom stereocenters. The predicted octanol–water partition coefficient (Wildman–Crippen LogP) is 3.46. The molecule has 2 aromatic heterocycles. The summed E-state index contributed by atoms with van der Waals surface area (Å²) in [6.45, 7) is 1.87. The summed E-state index contributed by atoms with van der Waals surface area (Å²) in [6.07, 6.45) is 4.17. The van der Waals surface area contributed by atoms with Gasteiger partial charge in [0.05, 0.1) is 11.7 Å². The van der Waals surface area contributed by atoms with E-state index in [0.29, 0.717) is 12.0 Å². The number of nitrogens with two attached hydrogens (primary N) is 1. The van der Waals surface area contributed by atoms with E-state index in [1.807, 2.05) is 48.0 Å². The highest BCUT2D eigenvalue weighted by molar-refractivity contribution is 5.87. The molecule has 5 nitrogen and oxygen atoms in total. The third-order valence-corrected chi connectivity index (χ3v) is 3.57. The van der Waals surface area contributed by atoms with Crippen LogP contribution in [0.25, 0.3) is 16.7 Å². The number of aryl methyl sites for hydroxylation is 1. The first-order valence-corrected chi connectivity index (χ1v) is 6.97. The van der Waals surface area contributed by atoms with E-state index in [1.165, 1.54) is 0 Å². The Balaban J connectivity index is 2.07. The van der Waals surface area contributed by atoms with Crippen molar-refractivity contribution in [2.75, 3.05) is 0 Å². The molecule has 0 fully saturated rings. The Hall–Kier alpha value is -3.15. The summed E-state index contributed by atoms with van der Waals surface area (Å²) in [5.74, 6) is -0.0715. The lowest BCUT2D eigenvalue weighted by molar-refractivity contribution is 0.396. The van der Waals surface area contributed by atoms with Crippen molar-refractivity contribution >= 4 is 17.1 Å². The van der Waals surface area contributed by atoms with Crippen molar-refractivity contribution in [1.82, 2.24) is 9.55 Å². The van der Waals surface area contributed by atoms with E-state index in [4.69, 9.17) is 15.9 Å². The molecule has 6 heteroatoms. The maximum atomic E-state index is 13.3. The van der Waals surface area contributed by atoms with Crippen molar-refractivity contribution < 1.29 is 9.13 Å². The van der Waals surface area contributed by atoms with E-state index in [2.05, 4.69) is 4.98 Å². The molecule has 0 saturated heterocycles. The molecule has 0 atom stereocenters. The van der Waals surface area contributed by atoms with Gasteiger partial charge in [-0.1, -0.05) is 6.07 Å². The quantitative estimate of drug-likeness (QED) is 0.572. The molecule has 0 aliphatic carbocycles. The normalized spacial score (nSPS) is 12.1. The second-order valence-corrected chi connectivity index (χ2v) is 4.95. The summed E-state index contributed by atoms with van der Waals surface area (Å²) < 4.78 is 20.5. The smallest absolute Gasteiger partial charge is 0.228 e. The number of pyridine rings is 1.